The highest BCUT2D eigenvalue weighted by atomic mass is 35.5. The van der Waals surface area contributed by atoms with Crippen molar-refractivity contribution < 1.29 is 19.1 Å². The molecule has 0 aromatic heterocycles. The number of anilines is 1. The third-order valence-corrected chi connectivity index (χ3v) is 4.41. The van der Waals surface area contributed by atoms with Crippen LogP contribution in [0.15, 0.2) is 54.2 Å². The molecule has 0 spiro atoms. The Kier molecular flexibility index (Phi) is 8.90. The second-order valence-electron chi connectivity index (χ2n) is 6.28. The molecule has 8 heteroatoms. The first-order valence-corrected chi connectivity index (χ1v) is 9.61. The van der Waals surface area contributed by atoms with Gasteiger partial charge in [0.1, 0.15) is 6.61 Å². The van der Waals surface area contributed by atoms with E-state index >= 15 is 0 Å². The Balaban J connectivity index is 1.87. The molecule has 0 aliphatic carbocycles. The zero-order valence-electron chi connectivity index (χ0n) is 16.9. The summed E-state index contributed by atoms with van der Waals surface area (Å²) in [5.41, 5.74) is 4.53. The van der Waals surface area contributed by atoms with Gasteiger partial charge in [-0.05, 0) is 36.8 Å². The quantitative estimate of drug-likeness (QED) is 0.338. The lowest BCUT2D eigenvalue weighted by Gasteiger charge is -2.11. The van der Waals surface area contributed by atoms with Crippen LogP contribution in [0.1, 0.15) is 24.0 Å². The maximum atomic E-state index is 12.0. The summed E-state index contributed by atoms with van der Waals surface area (Å²) in [5, 5.41) is 7.20. The van der Waals surface area contributed by atoms with Crippen LogP contribution in [0.25, 0.3) is 0 Å². The number of halogens is 1. The van der Waals surface area contributed by atoms with Gasteiger partial charge in [-0.25, -0.2) is 5.43 Å². The number of amides is 2. The summed E-state index contributed by atoms with van der Waals surface area (Å²) >= 11 is 6.04. The number of methoxy groups -OCH3 is 1. The van der Waals surface area contributed by atoms with Crippen molar-refractivity contribution in [2.75, 3.05) is 19.0 Å². The van der Waals surface area contributed by atoms with Crippen molar-refractivity contribution in [3.8, 4) is 11.5 Å². The van der Waals surface area contributed by atoms with Crippen molar-refractivity contribution in [2.24, 2.45) is 5.10 Å². The normalized spacial score (nSPS) is 10.5. The van der Waals surface area contributed by atoms with E-state index in [1.165, 1.54) is 13.3 Å². The third kappa shape index (κ3) is 6.93. The van der Waals surface area contributed by atoms with E-state index in [0.717, 1.165) is 5.56 Å². The number of nitrogens with one attached hydrogen (secondary N) is 2. The molecule has 2 amide bonds. The fourth-order valence-corrected chi connectivity index (χ4v) is 2.62. The van der Waals surface area contributed by atoms with Crippen LogP contribution in [0, 0.1) is 6.92 Å². The first kappa shape index (κ1) is 23.0. The minimum absolute atomic E-state index is 0.0132. The molecular formula is C22H24ClN3O4. The molecule has 0 atom stereocenters. The average Bonchev–Trinajstić information content (AvgIpc) is 2.73. The molecule has 0 bridgehead atoms. The predicted octanol–water partition coefficient (Wildman–Crippen LogP) is 4.09. The Morgan fingerprint density at radius 1 is 1.20 bits per heavy atom. The summed E-state index contributed by atoms with van der Waals surface area (Å²) in [5.74, 6) is 0.357. The summed E-state index contributed by atoms with van der Waals surface area (Å²) in [6.45, 7) is 5.79. The lowest BCUT2D eigenvalue weighted by atomic mass is 10.2. The molecule has 0 aliphatic heterocycles. The number of rotatable bonds is 10. The highest BCUT2D eigenvalue weighted by Gasteiger charge is 2.10. The first-order chi connectivity index (χ1) is 14.4. The van der Waals surface area contributed by atoms with Crippen molar-refractivity contribution in [3.05, 3.63) is 65.2 Å². The molecule has 0 radical (unpaired) electrons. The average molecular weight is 430 g/mol. The highest BCUT2D eigenvalue weighted by Crippen LogP contribution is 2.30. The van der Waals surface area contributed by atoms with Gasteiger partial charge in [-0.3, -0.25) is 9.59 Å². The molecule has 2 N–H and O–H groups in total. The first-order valence-electron chi connectivity index (χ1n) is 9.23. The van der Waals surface area contributed by atoms with Crippen LogP contribution in [0.4, 0.5) is 5.69 Å². The summed E-state index contributed by atoms with van der Waals surface area (Å²) in [7, 11) is 1.54. The van der Waals surface area contributed by atoms with Crippen LogP contribution in [0.3, 0.4) is 0 Å². The minimum Gasteiger partial charge on any atom is -0.493 e. The van der Waals surface area contributed by atoms with E-state index in [1.807, 2.05) is 13.0 Å². The fourth-order valence-electron chi connectivity index (χ4n) is 2.44. The van der Waals surface area contributed by atoms with E-state index in [4.69, 9.17) is 21.1 Å². The van der Waals surface area contributed by atoms with Gasteiger partial charge >= 0.3 is 0 Å². The van der Waals surface area contributed by atoms with Gasteiger partial charge < -0.3 is 14.8 Å². The van der Waals surface area contributed by atoms with Crippen molar-refractivity contribution in [2.45, 2.75) is 19.8 Å². The largest absolute Gasteiger partial charge is 0.493 e. The summed E-state index contributed by atoms with van der Waals surface area (Å²) in [6.07, 6.45) is 3.07. The summed E-state index contributed by atoms with van der Waals surface area (Å²) in [4.78, 5) is 24.0. The monoisotopic (exact) mass is 429 g/mol. The smallest absolute Gasteiger partial charge is 0.240 e. The number of hydrazone groups is 1. The number of hydrogen-bond acceptors (Lipinski definition) is 5. The molecule has 0 unspecified atom stereocenters. The molecule has 0 saturated carbocycles. The van der Waals surface area contributed by atoms with E-state index in [9.17, 15) is 9.59 Å². The fraction of sp³-hybridized carbons (Fsp3) is 0.227. The molecular weight excluding hydrogens is 406 g/mol. The highest BCUT2D eigenvalue weighted by molar-refractivity contribution is 6.31. The van der Waals surface area contributed by atoms with Crippen molar-refractivity contribution >= 4 is 35.3 Å². The van der Waals surface area contributed by atoms with Gasteiger partial charge in [-0.15, -0.1) is 0 Å². The van der Waals surface area contributed by atoms with Crippen molar-refractivity contribution in [1.82, 2.24) is 5.43 Å². The maximum absolute atomic E-state index is 12.0. The van der Waals surface area contributed by atoms with E-state index in [-0.39, 0.29) is 24.7 Å². The SMILES string of the molecule is C=CCOc1c(C=NNC(=O)CCC(=O)Nc2ccc(C)c(Cl)c2)cccc1OC. The predicted molar refractivity (Wildman–Crippen MR) is 118 cm³/mol. The van der Waals surface area contributed by atoms with E-state index < -0.39 is 0 Å². The summed E-state index contributed by atoms with van der Waals surface area (Å²) < 4.78 is 10.9. The number of carbonyl (C=O) groups excluding carboxylic acids is 2. The van der Waals surface area contributed by atoms with Crippen LogP contribution in [0.2, 0.25) is 5.02 Å². The van der Waals surface area contributed by atoms with E-state index in [2.05, 4.69) is 22.4 Å². The molecule has 2 aromatic carbocycles. The topological polar surface area (TPSA) is 89.0 Å². The van der Waals surface area contributed by atoms with Crippen LogP contribution in [0.5, 0.6) is 11.5 Å². The van der Waals surface area contributed by atoms with Gasteiger partial charge in [0, 0.05) is 29.1 Å². The van der Waals surface area contributed by atoms with Gasteiger partial charge in [0.15, 0.2) is 11.5 Å². The number of nitrogens with zero attached hydrogens (tertiary/aromatic N) is 1. The third-order valence-electron chi connectivity index (χ3n) is 4.00. The Morgan fingerprint density at radius 2 is 1.97 bits per heavy atom. The molecule has 158 valence electrons. The molecule has 0 saturated heterocycles. The van der Waals surface area contributed by atoms with Crippen LogP contribution in [-0.4, -0.2) is 31.7 Å². The minimum atomic E-state index is -0.389. The number of ether oxygens (including phenoxy) is 2. The number of benzene rings is 2. The van der Waals surface area contributed by atoms with Crippen LogP contribution in [-0.2, 0) is 9.59 Å². The number of hydrogen-bond donors (Lipinski definition) is 2. The number of aryl methyl sites for hydroxylation is 1. The van der Waals surface area contributed by atoms with Crippen molar-refractivity contribution in [3.63, 3.8) is 0 Å². The number of para-hydroxylation sites is 1. The van der Waals surface area contributed by atoms with Gasteiger partial charge in [-0.2, -0.15) is 5.10 Å². The van der Waals surface area contributed by atoms with Gasteiger partial charge in [-0.1, -0.05) is 36.4 Å². The van der Waals surface area contributed by atoms with Gasteiger partial charge in [0.2, 0.25) is 11.8 Å². The molecule has 0 heterocycles. The Labute approximate surface area is 180 Å². The van der Waals surface area contributed by atoms with Crippen molar-refractivity contribution in [1.29, 1.82) is 0 Å². The van der Waals surface area contributed by atoms with Gasteiger partial charge in [0.05, 0.1) is 13.3 Å². The Hall–Kier alpha value is -3.32. The maximum Gasteiger partial charge on any atom is 0.240 e. The summed E-state index contributed by atoms with van der Waals surface area (Å²) in [6, 6.07) is 10.5. The Morgan fingerprint density at radius 3 is 2.67 bits per heavy atom. The van der Waals surface area contributed by atoms with Crippen LogP contribution >= 0.6 is 11.6 Å². The second-order valence-corrected chi connectivity index (χ2v) is 6.69. The number of carbonyl (C=O) groups is 2. The molecule has 0 aliphatic rings. The molecule has 7 nitrogen and oxygen atoms in total. The van der Waals surface area contributed by atoms with E-state index in [0.29, 0.717) is 34.4 Å². The zero-order chi connectivity index (χ0) is 21.9. The second kappa shape index (κ2) is 11.6. The van der Waals surface area contributed by atoms with Crippen LogP contribution < -0.4 is 20.2 Å². The lowest BCUT2D eigenvalue weighted by Crippen LogP contribution is -2.20. The molecule has 0 fully saturated rings. The standard InChI is InChI=1S/C22H24ClN3O4/c1-4-12-30-22-16(6-5-7-19(22)29-3)14-24-26-21(28)11-10-20(27)25-17-9-8-15(2)18(23)13-17/h4-9,13-14H,1,10-12H2,2-3H3,(H,25,27)(H,26,28). The van der Waals surface area contributed by atoms with E-state index in [1.54, 1.807) is 36.4 Å². The molecule has 2 rings (SSSR count). The Bertz CT molecular complexity index is 944. The van der Waals surface area contributed by atoms with Gasteiger partial charge in [0.25, 0.3) is 0 Å². The molecule has 30 heavy (non-hydrogen) atoms. The molecule has 2 aromatic rings. The zero-order valence-corrected chi connectivity index (χ0v) is 17.7. The lowest BCUT2D eigenvalue weighted by molar-refractivity contribution is -0.124.